The molecular formula is C18H19NO4. The fraction of sp³-hybridized carbons (Fsp3) is 0.222. The van der Waals surface area contributed by atoms with E-state index >= 15 is 0 Å². The summed E-state index contributed by atoms with van der Waals surface area (Å²) >= 11 is 0. The molecule has 0 aliphatic carbocycles. The summed E-state index contributed by atoms with van der Waals surface area (Å²) in [4.78, 5) is 23.1. The molecule has 0 aromatic heterocycles. The molecule has 0 bridgehead atoms. The molecule has 0 radical (unpaired) electrons. The fourth-order valence-electron chi connectivity index (χ4n) is 2.02. The molecule has 0 saturated heterocycles. The van der Waals surface area contributed by atoms with Crippen LogP contribution in [0.5, 0.6) is 5.75 Å². The van der Waals surface area contributed by atoms with Gasteiger partial charge >= 0.3 is 5.97 Å². The normalized spacial score (nSPS) is 11.6. The van der Waals surface area contributed by atoms with E-state index in [9.17, 15) is 9.59 Å². The number of hydrogen-bond acceptors (Lipinski definition) is 3. The van der Waals surface area contributed by atoms with Gasteiger partial charge in [0.1, 0.15) is 5.75 Å². The van der Waals surface area contributed by atoms with Crippen LogP contribution < -0.4 is 10.1 Å². The predicted octanol–water partition coefficient (Wildman–Crippen LogP) is 3.49. The van der Waals surface area contributed by atoms with Gasteiger partial charge in [-0.25, -0.2) is 4.79 Å². The maximum absolute atomic E-state index is 12.3. The summed E-state index contributed by atoms with van der Waals surface area (Å²) < 4.78 is 5.71. The van der Waals surface area contributed by atoms with E-state index < -0.39 is 12.1 Å². The van der Waals surface area contributed by atoms with Crippen LogP contribution in [0.3, 0.4) is 0 Å². The van der Waals surface area contributed by atoms with Crippen molar-refractivity contribution in [2.24, 2.45) is 0 Å². The summed E-state index contributed by atoms with van der Waals surface area (Å²) in [5.41, 5.74) is 1.82. The highest BCUT2D eigenvalue weighted by Crippen LogP contribution is 2.16. The molecule has 2 aromatic rings. The van der Waals surface area contributed by atoms with Crippen molar-refractivity contribution in [3.63, 3.8) is 0 Å². The first-order valence-corrected chi connectivity index (χ1v) is 7.37. The molecule has 5 heteroatoms. The van der Waals surface area contributed by atoms with Crippen LogP contribution in [-0.4, -0.2) is 23.1 Å². The zero-order valence-corrected chi connectivity index (χ0v) is 13.1. The standard InChI is InChI=1S/C18H19NO4/c1-3-16(23-15-10-4-12(2)5-11-15)17(20)19-14-8-6-13(7-9-14)18(21)22/h4-11,16H,3H2,1-2H3,(H,19,20)(H,21,22). The van der Waals surface area contributed by atoms with Crippen molar-refractivity contribution in [3.05, 3.63) is 59.7 Å². The highest BCUT2D eigenvalue weighted by molar-refractivity contribution is 5.95. The van der Waals surface area contributed by atoms with Crippen molar-refractivity contribution in [2.45, 2.75) is 26.4 Å². The minimum absolute atomic E-state index is 0.172. The number of carboxylic acid groups (broad SMARTS) is 1. The van der Waals surface area contributed by atoms with E-state index in [2.05, 4.69) is 5.32 Å². The third-order valence-corrected chi connectivity index (χ3v) is 3.36. The molecular weight excluding hydrogens is 294 g/mol. The number of carboxylic acids is 1. The van der Waals surface area contributed by atoms with E-state index in [0.29, 0.717) is 17.9 Å². The first kappa shape index (κ1) is 16.5. The van der Waals surface area contributed by atoms with Gasteiger partial charge in [-0.15, -0.1) is 0 Å². The number of carbonyl (C=O) groups is 2. The van der Waals surface area contributed by atoms with Crippen molar-refractivity contribution in [1.82, 2.24) is 0 Å². The summed E-state index contributed by atoms with van der Waals surface area (Å²) in [6.07, 6.45) is -0.0933. The van der Waals surface area contributed by atoms with Gasteiger partial charge in [-0.05, 0) is 49.7 Å². The number of hydrogen-bond donors (Lipinski definition) is 2. The van der Waals surface area contributed by atoms with Crippen LogP contribution in [0.25, 0.3) is 0 Å². The number of benzene rings is 2. The van der Waals surface area contributed by atoms with Crippen molar-refractivity contribution < 1.29 is 19.4 Å². The van der Waals surface area contributed by atoms with Crippen molar-refractivity contribution in [2.75, 3.05) is 5.32 Å². The maximum atomic E-state index is 12.3. The first-order valence-electron chi connectivity index (χ1n) is 7.37. The summed E-state index contributed by atoms with van der Waals surface area (Å²) in [7, 11) is 0. The molecule has 23 heavy (non-hydrogen) atoms. The molecule has 2 rings (SSSR count). The van der Waals surface area contributed by atoms with Gasteiger partial charge in [-0.3, -0.25) is 4.79 Å². The molecule has 0 fully saturated rings. The minimum Gasteiger partial charge on any atom is -0.481 e. The average molecular weight is 313 g/mol. The molecule has 5 nitrogen and oxygen atoms in total. The SMILES string of the molecule is CCC(Oc1ccc(C)cc1)C(=O)Nc1ccc(C(=O)O)cc1. The number of ether oxygens (including phenoxy) is 1. The Balaban J connectivity index is 2.01. The van der Waals surface area contributed by atoms with Crippen molar-refractivity contribution in [3.8, 4) is 5.75 Å². The number of carbonyl (C=O) groups excluding carboxylic acids is 1. The van der Waals surface area contributed by atoms with Crippen LogP contribution in [0, 0.1) is 6.92 Å². The van der Waals surface area contributed by atoms with Crippen LogP contribution in [0.4, 0.5) is 5.69 Å². The Morgan fingerprint density at radius 3 is 2.22 bits per heavy atom. The van der Waals surface area contributed by atoms with Gasteiger partial charge < -0.3 is 15.2 Å². The molecule has 0 saturated carbocycles. The lowest BCUT2D eigenvalue weighted by molar-refractivity contribution is -0.122. The predicted molar refractivity (Wildman–Crippen MR) is 87.9 cm³/mol. The zero-order chi connectivity index (χ0) is 16.8. The van der Waals surface area contributed by atoms with Gasteiger partial charge in [0.2, 0.25) is 0 Å². The molecule has 0 aliphatic heterocycles. The highest BCUT2D eigenvalue weighted by atomic mass is 16.5. The number of aryl methyl sites for hydroxylation is 1. The molecule has 0 heterocycles. The Hall–Kier alpha value is -2.82. The van der Waals surface area contributed by atoms with E-state index in [1.165, 1.54) is 12.1 Å². The van der Waals surface area contributed by atoms with E-state index in [1.807, 2.05) is 38.1 Å². The third-order valence-electron chi connectivity index (χ3n) is 3.36. The molecule has 120 valence electrons. The largest absolute Gasteiger partial charge is 0.481 e. The van der Waals surface area contributed by atoms with Crippen molar-refractivity contribution >= 4 is 17.6 Å². The Bertz CT molecular complexity index is 677. The smallest absolute Gasteiger partial charge is 0.335 e. The minimum atomic E-state index is -1.00. The number of rotatable bonds is 6. The molecule has 0 aliphatic rings. The Kier molecular flexibility index (Phi) is 5.36. The van der Waals surface area contributed by atoms with Gasteiger partial charge in [0.15, 0.2) is 6.10 Å². The summed E-state index contributed by atoms with van der Waals surface area (Å²) in [6.45, 7) is 3.85. The highest BCUT2D eigenvalue weighted by Gasteiger charge is 2.18. The second kappa shape index (κ2) is 7.45. The lowest BCUT2D eigenvalue weighted by atomic mass is 10.2. The quantitative estimate of drug-likeness (QED) is 0.856. The lowest BCUT2D eigenvalue weighted by Gasteiger charge is -2.17. The molecule has 0 spiro atoms. The second-order valence-corrected chi connectivity index (χ2v) is 5.20. The van der Waals surface area contributed by atoms with E-state index in [4.69, 9.17) is 9.84 Å². The molecule has 2 N–H and O–H groups in total. The van der Waals surface area contributed by atoms with Crippen LogP contribution >= 0.6 is 0 Å². The maximum Gasteiger partial charge on any atom is 0.335 e. The van der Waals surface area contributed by atoms with Crippen LogP contribution in [0.15, 0.2) is 48.5 Å². The molecule has 1 unspecified atom stereocenters. The van der Waals surface area contributed by atoms with Gasteiger partial charge in [-0.2, -0.15) is 0 Å². The molecule has 1 amide bonds. The molecule has 2 aromatic carbocycles. The van der Waals surface area contributed by atoms with Gasteiger partial charge in [0, 0.05) is 5.69 Å². The lowest BCUT2D eigenvalue weighted by Crippen LogP contribution is -2.32. The zero-order valence-electron chi connectivity index (χ0n) is 13.1. The summed E-state index contributed by atoms with van der Waals surface area (Å²) in [5.74, 6) is -0.632. The van der Waals surface area contributed by atoms with Crippen LogP contribution in [0.1, 0.15) is 29.3 Å². The Labute approximate surface area is 134 Å². The van der Waals surface area contributed by atoms with Gasteiger partial charge in [0.25, 0.3) is 5.91 Å². The monoisotopic (exact) mass is 313 g/mol. The third kappa shape index (κ3) is 4.57. The van der Waals surface area contributed by atoms with Gasteiger partial charge in [-0.1, -0.05) is 24.6 Å². The number of nitrogens with one attached hydrogen (secondary N) is 1. The fourth-order valence-corrected chi connectivity index (χ4v) is 2.02. The van der Waals surface area contributed by atoms with E-state index in [0.717, 1.165) is 5.56 Å². The summed E-state index contributed by atoms with van der Waals surface area (Å²) in [6, 6.07) is 13.5. The number of anilines is 1. The van der Waals surface area contributed by atoms with Crippen LogP contribution in [0.2, 0.25) is 0 Å². The first-order chi connectivity index (χ1) is 11.0. The van der Waals surface area contributed by atoms with E-state index in [1.54, 1.807) is 12.1 Å². The number of amides is 1. The van der Waals surface area contributed by atoms with E-state index in [-0.39, 0.29) is 11.5 Å². The second-order valence-electron chi connectivity index (χ2n) is 5.20. The number of aromatic carboxylic acids is 1. The molecule has 1 atom stereocenters. The van der Waals surface area contributed by atoms with Crippen molar-refractivity contribution in [1.29, 1.82) is 0 Å². The topological polar surface area (TPSA) is 75.6 Å². The van der Waals surface area contributed by atoms with Gasteiger partial charge in [0.05, 0.1) is 5.56 Å². The Morgan fingerprint density at radius 2 is 1.70 bits per heavy atom. The van der Waals surface area contributed by atoms with Crippen LogP contribution in [-0.2, 0) is 4.79 Å². The summed E-state index contributed by atoms with van der Waals surface area (Å²) in [5, 5.41) is 11.6. The Morgan fingerprint density at radius 1 is 1.09 bits per heavy atom. The average Bonchev–Trinajstić information content (AvgIpc) is 2.54.